The number of carbonyl (C=O) groups excluding carboxylic acids is 1. The summed E-state index contributed by atoms with van der Waals surface area (Å²) in [5.41, 5.74) is 12.4. The minimum absolute atomic E-state index is 0.0126. The number of carbonyl (C=O) groups is 1. The van der Waals surface area contributed by atoms with Gasteiger partial charge in [-0.1, -0.05) is 12.1 Å². The number of nitrogen functional groups attached to an aromatic ring is 1. The Morgan fingerprint density at radius 1 is 1.44 bits per heavy atom. The lowest BCUT2D eigenvalue weighted by molar-refractivity contribution is -0.117. The van der Waals surface area contributed by atoms with Crippen LogP contribution < -0.4 is 11.5 Å². The van der Waals surface area contributed by atoms with E-state index in [0.29, 0.717) is 16.8 Å². The molecule has 1 heterocycles. The maximum Gasteiger partial charge on any atom is 0.223 e. The fourth-order valence-electron chi connectivity index (χ4n) is 1.54. The molecule has 0 spiro atoms. The second kappa shape index (κ2) is 3.65. The number of nitrogens with two attached hydrogens (primary N) is 2. The zero-order chi connectivity index (χ0) is 11.7. The van der Waals surface area contributed by atoms with E-state index < -0.39 is 5.91 Å². The zero-order valence-electron chi connectivity index (χ0n) is 8.45. The lowest BCUT2D eigenvalue weighted by atomic mass is 10.1. The number of amidine groups is 1. The zero-order valence-corrected chi connectivity index (χ0v) is 8.45. The predicted molar refractivity (Wildman–Crippen MR) is 60.0 cm³/mol. The van der Waals surface area contributed by atoms with Crippen molar-refractivity contribution in [3.63, 3.8) is 0 Å². The molecule has 1 amide bonds. The van der Waals surface area contributed by atoms with Gasteiger partial charge >= 0.3 is 0 Å². The van der Waals surface area contributed by atoms with Gasteiger partial charge in [0, 0.05) is 10.9 Å². The Morgan fingerprint density at radius 2 is 2.19 bits per heavy atom. The van der Waals surface area contributed by atoms with E-state index in [4.69, 9.17) is 16.9 Å². The second-order valence-electron chi connectivity index (χ2n) is 3.49. The molecule has 1 aromatic carbocycles. The van der Waals surface area contributed by atoms with E-state index in [1.807, 2.05) is 0 Å². The van der Waals surface area contributed by atoms with Gasteiger partial charge in [0.05, 0.1) is 17.6 Å². The first-order chi connectivity index (χ1) is 7.58. The Balaban J connectivity index is 2.50. The molecule has 1 aromatic heterocycles. The number of aromatic amines is 1. The van der Waals surface area contributed by atoms with E-state index in [0.717, 1.165) is 5.39 Å². The quantitative estimate of drug-likeness (QED) is 0.423. The second-order valence-corrected chi connectivity index (χ2v) is 3.49. The van der Waals surface area contributed by atoms with E-state index in [9.17, 15) is 4.79 Å². The fraction of sp³-hybridized carbons (Fsp3) is 0.100. The number of benzene rings is 1. The van der Waals surface area contributed by atoms with Crippen molar-refractivity contribution < 1.29 is 4.79 Å². The van der Waals surface area contributed by atoms with Crippen molar-refractivity contribution in [2.75, 3.05) is 0 Å². The van der Waals surface area contributed by atoms with Gasteiger partial charge in [0.2, 0.25) is 5.91 Å². The predicted octanol–water partition coefficient (Wildman–Crippen LogP) is -0.125. The van der Waals surface area contributed by atoms with Crippen LogP contribution in [0.15, 0.2) is 18.2 Å². The Labute approximate surface area is 91.1 Å². The molecule has 82 valence electrons. The highest BCUT2D eigenvalue weighted by molar-refractivity contribution is 5.99. The van der Waals surface area contributed by atoms with Gasteiger partial charge < -0.3 is 11.5 Å². The van der Waals surface area contributed by atoms with E-state index in [1.54, 1.807) is 18.2 Å². The van der Waals surface area contributed by atoms with Crippen molar-refractivity contribution in [2.24, 2.45) is 11.5 Å². The van der Waals surface area contributed by atoms with Crippen LogP contribution in [0.3, 0.4) is 0 Å². The van der Waals surface area contributed by atoms with E-state index in [1.165, 1.54) is 0 Å². The summed E-state index contributed by atoms with van der Waals surface area (Å²) in [5, 5.41) is 14.9. The Bertz CT molecular complexity index is 572. The number of aromatic nitrogens is 2. The van der Waals surface area contributed by atoms with Crippen molar-refractivity contribution in [2.45, 2.75) is 6.42 Å². The molecule has 6 nitrogen and oxygen atoms in total. The molecule has 6 heteroatoms. The number of hydrogen-bond donors (Lipinski definition) is 4. The number of fused-ring (bicyclic) bond motifs is 1. The summed E-state index contributed by atoms with van der Waals surface area (Å²) >= 11 is 0. The van der Waals surface area contributed by atoms with Gasteiger partial charge in [-0.25, -0.2) is 0 Å². The molecule has 0 bridgehead atoms. The maximum atomic E-state index is 10.8. The van der Waals surface area contributed by atoms with Gasteiger partial charge in [0.15, 0.2) is 0 Å². The van der Waals surface area contributed by atoms with Gasteiger partial charge in [-0.2, -0.15) is 5.10 Å². The van der Waals surface area contributed by atoms with Crippen molar-refractivity contribution >= 4 is 22.6 Å². The molecule has 0 saturated heterocycles. The van der Waals surface area contributed by atoms with Gasteiger partial charge in [-0.05, 0) is 6.07 Å². The van der Waals surface area contributed by atoms with Gasteiger partial charge in [-0.15, -0.1) is 0 Å². The SMILES string of the molecule is N=C(N)c1ccc2c(CC(N)=O)[nH]nc2c1. The van der Waals surface area contributed by atoms with Crippen molar-refractivity contribution in [3.8, 4) is 0 Å². The molecule has 16 heavy (non-hydrogen) atoms. The molecule has 0 saturated carbocycles. The van der Waals surface area contributed by atoms with Gasteiger partial charge in [0.25, 0.3) is 0 Å². The van der Waals surface area contributed by atoms with Crippen LogP contribution >= 0.6 is 0 Å². The number of nitrogens with one attached hydrogen (secondary N) is 2. The average molecular weight is 217 g/mol. The summed E-state index contributed by atoms with van der Waals surface area (Å²) < 4.78 is 0. The van der Waals surface area contributed by atoms with Gasteiger partial charge in [0.1, 0.15) is 5.84 Å². The minimum Gasteiger partial charge on any atom is -0.384 e. The average Bonchev–Trinajstić information content (AvgIpc) is 2.60. The monoisotopic (exact) mass is 217 g/mol. The number of amides is 1. The largest absolute Gasteiger partial charge is 0.384 e. The van der Waals surface area contributed by atoms with E-state index in [-0.39, 0.29) is 12.3 Å². The van der Waals surface area contributed by atoms with Crippen molar-refractivity contribution in [1.29, 1.82) is 5.41 Å². The van der Waals surface area contributed by atoms with Crippen LogP contribution in [0.4, 0.5) is 0 Å². The summed E-state index contributed by atoms with van der Waals surface area (Å²) in [6, 6.07) is 5.18. The first-order valence-electron chi connectivity index (χ1n) is 4.67. The minimum atomic E-state index is -0.416. The number of H-pyrrole nitrogens is 1. The van der Waals surface area contributed by atoms with Crippen LogP contribution in [0.1, 0.15) is 11.3 Å². The number of hydrogen-bond acceptors (Lipinski definition) is 3. The third kappa shape index (κ3) is 1.72. The Morgan fingerprint density at radius 3 is 2.81 bits per heavy atom. The van der Waals surface area contributed by atoms with Crippen LogP contribution in [-0.2, 0) is 11.2 Å². The smallest absolute Gasteiger partial charge is 0.223 e. The first kappa shape index (κ1) is 10.2. The van der Waals surface area contributed by atoms with E-state index in [2.05, 4.69) is 10.2 Å². The Hall–Kier alpha value is -2.37. The highest BCUT2D eigenvalue weighted by Crippen LogP contribution is 2.17. The van der Waals surface area contributed by atoms with Crippen molar-refractivity contribution in [1.82, 2.24) is 10.2 Å². The van der Waals surface area contributed by atoms with Crippen LogP contribution in [-0.4, -0.2) is 21.9 Å². The summed E-state index contributed by atoms with van der Waals surface area (Å²) in [4.78, 5) is 10.8. The van der Waals surface area contributed by atoms with Gasteiger partial charge in [-0.3, -0.25) is 15.3 Å². The summed E-state index contributed by atoms with van der Waals surface area (Å²) in [6.07, 6.45) is 0.121. The number of nitrogens with zero attached hydrogens (tertiary/aromatic N) is 1. The number of rotatable bonds is 3. The molecule has 0 unspecified atom stereocenters. The molecule has 0 radical (unpaired) electrons. The van der Waals surface area contributed by atoms with Crippen LogP contribution in [0, 0.1) is 5.41 Å². The van der Waals surface area contributed by atoms with Crippen LogP contribution in [0.25, 0.3) is 10.9 Å². The molecular weight excluding hydrogens is 206 g/mol. The fourth-order valence-corrected chi connectivity index (χ4v) is 1.54. The highest BCUT2D eigenvalue weighted by atomic mass is 16.1. The third-order valence-electron chi connectivity index (χ3n) is 2.30. The Kier molecular flexibility index (Phi) is 2.32. The lowest BCUT2D eigenvalue weighted by Gasteiger charge is -1.98. The third-order valence-corrected chi connectivity index (χ3v) is 2.30. The molecule has 2 aromatic rings. The molecular formula is C10H11N5O. The molecule has 2 rings (SSSR count). The lowest BCUT2D eigenvalue weighted by Crippen LogP contribution is -2.14. The molecule has 0 atom stereocenters. The van der Waals surface area contributed by atoms with Crippen LogP contribution in [0.5, 0.6) is 0 Å². The molecule has 0 aliphatic rings. The van der Waals surface area contributed by atoms with Crippen molar-refractivity contribution in [3.05, 3.63) is 29.5 Å². The summed E-state index contributed by atoms with van der Waals surface area (Å²) in [7, 11) is 0. The molecule has 0 fully saturated rings. The number of primary amides is 1. The summed E-state index contributed by atoms with van der Waals surface area (Å²) in [6.45, 7) is 0. The normalized spacial score (nSPS) is 10.5. The summed E-state index contributed by atoms with van der Waals surface area (Å²) in [5.74, 6) is -0.428. The van der Waals surface area contributed by atoms with Crippen LogP contribution in [0.2, 0.25) is 0 Å². The molecule has 6 N–H and O–H groups in total. The maximum absolute atomic E-state index is 10.8. The molecule has 0 aliphatic carbocycles. The topological polar surface area (TPSA) is 122 Å². The first-order valence-corrected chi connectivity index (χ1v) is 4.67. The molecule has 0 aliphatic heterocycles. The standard InChI is InChI=1S/C10H11N5O/c11-9(16)4-8-6-2-1-5(10(12)13)3-7(6)14-15-8/h1-3H,4H2,(H2,11,16)(H3,12,13)(H,14,15). The highest BCUT2D eigenvalue weighted by Gasteiger charge is 2.08. The van der Waals surface area contributed by atoms with E-state index >= 15 is 0 Å².